The summed E-state index contributed by atoms with van der Waals surface area (Å²) in [5, 5.41) is 0. The molecule has 1 heterocycles. The van der Waals surface area contributed by atoms with E-state index in [9.17, 15) is 0 Å². The maximum Gasteiger partial charge on any atom is 0.0960 e. The molecule has 1 aliphatic rings. The van der Waals surface area contributed by atoms with Crippen LogP contribution in [0.3, 0.4) is 0 Å². The van der Waals surface area contributed by atoms with Crippen LogP contribution in [0.1, 0.15) is 20.3 Å². The second-order valence-electron chi connectivity index (χ2n) is 4.41. The molecule has 1 aliphatic heterocycles. The minimum absolute atomic E-state index is 0.0430. The van der Waals surface area contributed by atoms with Crippen LogP contribution in [0.25, 0.3) is 0 Å². The van der Waals surface area contributed by atoms with Gasteiger partial charge >= 0.3 is 0 Å². The maximum absolute atomic E-state index is 5.90. The predicted octanol–water partition coefficient (Wildman–Crippen LogP) is 0.792. The molecule has 0 bridgehead atoms. The fourth-order valence-electron chi connectivity index (χ4n) is 1.48. The fourth-order valence-corrected chi connectivity index (χ4v) is 1.48. The molecular formula is C11H23NO3. The lowest BCUT2D eigenvalue weighted by Crippen LogP contribution is -2.45. The Bertz CT molecular complexity index is 164. The van der Waals surface area contributed by atoms with Crippen LogP contribution in [-0.2, 0) is 14.2 Å². The van der Waals surface area contributed by atoms with Crippen molar-refractivity contribution in [3.63, 3.8) is 0 Å². The summed E-state index contributed by atoms with van der Waals surface area (Å²) in [4.78, 5) is 0. The van der Waals surface area contributed by atoms with Crippen LogP contribution < -0.4 is 5.73 Å². The second kappa shape index (κ2) is 7.17. The van der Waals surface area contributed by atoms with Crippen LogP contribution in [-0.4, -0.2) is 45.2 Å². The molecule has 15 heavy (non-hydrogen) atoms. The highest BCUT2D eigenvalue weighted by molar-refractivity contribution is 4.76. The maximum atomic E-state index is 5.90. The second-order valence-corrected chi connectivity index (χ2v) is 4.41. The standard InChI is InChI=1S/C11H23NO3/c1-9(2)7-14-5-6-15-11-8-13-4-3-10(11)12/h9-11H,3-8,12H2,1-2H3. The summed E-state index contributed by atoms with van der Waals surface area (Å²) in [6.45, 7) is 7.67. The van der Waals surface area contributed by atoms with Gasteiger partial charge in [0.1, 0.15) is 0 Å². The third-order valence-corrected chi connectivity index (χ3v) is 2.37. The van der Waals surface area contributed by atoms with Gasteiger partial charge in [0.25, 0.3) is 0 Å². The zero-order valence-electron chi connectivity index (χ0n) is 9.78. The van der Waals surface area contributed by atoms with Gasteiger partial charge in [-0.2, -0.15) is 0 Å². The summed E-state index contributed by atoms with van der Waals surface area (Å²) in [6, 6.07) is 0.115. The van der Waals surface area contributed by atoms with E-state index in [0.717, 1.165) is 19.6 Å². The first-order chi connectivity index (χ1) is 7.20. The van der Waals surface area contributed by atoms with Gasteiger partial charge in [0, 0.05) is 19.3 Å². The summed E-state index contributed by atoms with van der Waals surface area (Å²) in [5.41, 5.74) is 5.90. The molecule has 2 N–H and O–H groups in total. The van der Waals surface area contributed by atoms with Crippen molar-refractivity contribution in [2.75, 3.05) is 33.0 Å². The molecule has 1 saturated heterocycles. The monoisotopic (exact) mass is 217 g/mol. The van der Waals surface area contributed by atoms with Crippen LogP contribution in [0.4, 0.5) is 0 Å². The quantitative estimate of drug-likeness (QED) is 0.668. The molecule has 2 unspecified atom stereocenters. The van der Waals surface area contributed by atoms with Gasteiger partial charge in [-0.1, -0.05) is 13.8 Å². The minimum atomic E-state index is 0.0430. The van der Waals surface area contributed by atoms with Crippen LogP contribution in [0.5, 0.6) is 0 Å². The Hall–Kier alpha value is -0.160. The van der Waals surface area contributed by atoms with Gasteiger partial charge in [-0.05, 0) is 12.3 Å². The topological polar surface area (TPSA) is 53.7 Å². The third kappa shape index (κ3) is 5.47. The lowest BCUT2D eigenvalue weighted by atomic mass is 10.1. The van der Waals surface area contributed by atoms with E-state index in [2.05, 4.69) is 13.8 Å². The summed E-state index contributed by atoms with van der Waals surface area (Å²) >= 11 is 0. The molecule has 0 spiro atoms. The fraction of sp³-hybridized carbons (Fsp3) is 1.00. The highest BCUT2D eigenvalue weighted by Crippen LogP contribution is 2.08. The average molecular weight is 217 g/mol. The Labute approximate surface area is 92.1 Å². The molecule has 4 heteroatoms. The Morgan fingerprint density at radius 3 is 2.87 bits per heavy atom. The predicted molar refractivity (Wildman–Crippen MR) is 58.8 cm³/mol. The molecule has 0 aromatic rings. The average Bonchev–Trinajstić information content (AvgIpc) is 2.20. The Balaban J connectivity index is 1.99. The van der Waals surface area contributed by atoms with Gasteiger partial charge in [0.15, 0.2) is 0 Å². The van der Waals surface area contributed by atoms with Crippen LogP contribution >= 0.6 is 0 Å². The van der Waals surface area contributed by atoms with Crippen LogP contribution in [0.2, 0.25) is 0 Å². The number of hydrogen-bond donors (Lipinski definition) is 1. The first kappa shape index (κ1) is 12.9. The lowest BCUT2D eigenvalue weighted by molar-refractivity contribution is -0.0756. The minimum Gasteiger partial charge on any atom is -0.379 e. The van der Waals surface area contributed by atoms with Gasteiger partial charge in [-0.3, -0.25) is 0 Å². The molecule has 0 saturated carbocycles. The van der Waals surface area contributed by atoms with Crippen molar-refractivity contribution < 1.29 is 14.2 Å². The largest absolute Gasteiger partial charge is 0.379 e. The van der Waals surface area contributed by atoms with E-state index in [0.29, 0.717) is 25.7 Å². The normalized spacial score (nSPS) is 27.2. The summed E-state index contributed by atoms with van der Waals surface area (Å²) in [5.74, 6) is 0.574. The third-order valence-electron chi connectivity index (χ3n) is 2.37. The van der Waals surface area contributed by atoms with Gasteiger partial charge in [-0.15, -0.1) is 0 Å². The molecule has 4 nitrogen and oxygen atoms in total. The smallest absolute Gasteiger partial charge is 0.0960 e. The van der Waals surface area contributed by atoms with Crippen molar-refractivity contribution in [3.05, 3.63) is 0 Å². The molecule has 1 fully saturated rings. The molecule has 0 radical (unpaired) electrons. The van der Waals surface area contributed by atoms with E-state index >= 15 is 0 Å². The molecule has 0 aliphatic carbocycles. The van der Waals surface area contributed by atoms with Crippen molar-refractivity contribution in [2.24, 2.45) is 11.7 Å². The first-order valence-electron chi connectivity index (χ1n) is 5.73. The summed E-state index contributed by atoms with van der Waals surface area (Å²) in [6.07, 6.45) is 0.929. The number of hydrogen-bond acceptors (Lipinski definition) is 4. The van der Waals surface area contributed by atoms with E-state index in [1.54, 1.807) is 0 Å². The molecule has 1 rings (SSSR count). The van der Waals surface area contributed by atoms with E-state index < -0.39 is 0 Å². The van der Waals surface area contributed by atoms with E-state index in [4.69, 9.17) is 19.9 Å². The van der Waals surface area contributed by atoms with E-state index in [-0.39, 0.29) is 12.1 Å². The van der Waals surface area contributed by atoms with E-state index in [1.807, 2.05) is 0 Å². The van der Waals surface area contributed by atoms with Gasteiger partial charge < -0.3 is 19.9 Å². The van der Waals surface area contributed by atoms with E-state index in [1.165, 1.54) is 0 Å². The molecule has 0 amide bonds. The van der Waals surface area contributed by atoms with Crippen molar-refractivity contribution in [2.45, 2.75) is 32.4 Å². The highest BCUT2D eigenvalue weighted by Gasteiger charge is 2.22. The number of ether oxygens (including phenoxy) is 3. The van der Waals surface area contributed by atoms with Gasteiger partial charge in [0.05, 0.1) is 25.9 Å². The summed E-state index contributed by atoms with van der Waals surface area (Å²) < 4.78 is 16.3. The molecular weight excluding hydrogens is 194 g/mol. The Morgan fingerprint density at radius 2 is 2.20 bits per heavy atom. The van der Waals surface area contributed by atoms with Gasteiger partial charge in [-0.25, -0.2) is 0 Å². The van der Waals surface area contributed by atoms with Crippen molar-refractivity contribution >= 4 is 0 Å². The van der Waals surface area contributed by atoms with Crippen molar-refractivity contribution in [1.29, 1.82) is 0 Å². The van der Waals surface area contributed by atoms with Gasteiger partial charge in [0.2, 0.25) is 0 Å². The zero-order valence-corrected chi connectivity index (χ0v) is 9.78. The summed E-state index contributed by atoms with van der Waals surface area (Å²) in [7, 11) is 0. The van der Waals surface area contributed by atoms with Crippen LogP contribution in [0.15, 0.2) is 0 Å². The molecule has 2 atom stereocenters. The lowest BCUT2D eigenvalue weighted by Gasteiger charge is -2.28. The highest BCUT2D eigenvalue weighted by atomic mass is 16.6. The first-order valence-corrected chi connectivity index (χ1v) is 5.73. The zero-order chi connectivity index (χ0) is 11.1. The number of nitrogens with two attached hydrogens (primary N) is 1. The SMILES string of the molecule is CC(C)COCCOC1COCCC1N. The van der Waals surface area contributed by atoms with Crippen LogP contribution in [0, 0.1) is 5.92 Å². The molecule has 0 aromatic carbocycles. The van der Waals surface area contributed by atoms with Crippen molar-refractivity contribution in [3.8, 4) is 0 Å². The van der Waals surface area contributed by atoms with Crippen molar-refractivity contribution in [1.82, 2.24) is 0 Å². The Morgan fingerprint density at radius 1 is 1.40 bits per heavy atom. The molecule has 90 valence electrons. The molecule has 0 aromatic heterocycles. The number of rotatable bonds is 6. The Kier molecular flexibility index (Phi) is 6.17.